The van der Waals surface area contributed by atoms with Gasteiger partial charge in [0.2, 0.25) is 0 Å². The normalized spacial score (nSPS) is 11.1. The number of aryl methyl sites for hydroxylation is 2. The molecule has 3 aromatic carbocycles. The van der Waals surface area contributed by atoms with Gasteiger partial charge < -0.3 is 9.64 Å². The van der Waals surface area contributed by atoms with Gasteiger partial charge in [-0.25, -0.2) is 8.42 Å². The fourth-order valence-corrected chi connectivity index (χ4v) is 4.20. The third-order valence-corrected chi connectivity index (χ3v) is 6.37. The van der Waals surface area contributed by atoms with Gasteiger partial charge in [0.25, 0.3) is 15.9 Å². The molecular formula is C24H26N2O4S. The van der Waals surface area contributed by atoms with Crippen molar-refractivity contribution in [1.82, 2.24) is 4.90 Å². The second-order valence-corrected chi connectivity index (χ2v) is 9.14. The number of carbonyl (C=O) groups excluding carboxylic acids is 1. The molecule has 1 N–H and O–H groups in total. The summed E-state index contributed by atoms with van der Waals surface area (Å²) in [4.78, 5) is 14.7. The number of amides is 1. The topological polar surface area (TPSA) is 75.7 Å². The molecule has 0 aliphatic carbocycles. The van der Waals surface area contributed by atoms with E-state index >= 15 is 0 Å². The van der Waals surface area contributed by atoms with E-state index in [4.69, 9.17) is 4.74 Å². The third-order valence-electron chi connectivity index (χ3n) is 4.99. The fraction of sp³-hybridized carbons (Fsp3) is 0.208. The molecule has 0 saturated carbocycles. The number of anilines is 1. The van der Waals surface area contributed by atoms with Crippen LogP contribution >= 0.6 is 0 Å². The standard InChI is InChI=1S/C24H26N2O4S/c1-17-5-13-22(14-6-17)31(28,29)25-23-15-20(10-7-18(23)2)24(27)26(3)16-19-8-11-21(30-4)12-9-19/h5-15,25H,16H2,1-4H3. The molecule has 0 atom stereocenters. The molecule has 0 aliphatic rings. The minimum atomic E-state index is -3.76. The van der Waals surface area contributed by atoms with Crippen molar-refractivity contribution in [3.8, 4) is 5.75 Å². The Hall–Kier alpha value is -3.32. The first kappa shape index (κ1) is 22.4. The van der Waals surface area contributed by atoms with Crippen molar-refractivity contribution in [3.63, 3.8) is 0 Å². The quantitative estimate of drug-likeness (QED) is 0.594. The number of benzene rings is 3. The highest BCUT2D eigenvalue weighted by Crippen LogP contribution is 2.23. The molecule has 0 fully saturated rings. The maximum Gasteiger partial charge on any atom is 0.261 e. The number of hydrogen-bond donors (Lipinski definition) is 1. The van der Waals surface area contributed by atoms with Crippen LogP contribution in [0.3, 0.4) is 0 Å². The van der Waals surface area contributed by atoms with Gasteiger partial charge in [-0.15, -0.1) is 0 Å². The summed E-state index contributed by atoms with van der Waals surface area (Å²) in [6, 6.07) is 19.1. The molecule has 3 aromatic rings. The van der Waals surface area contributed by atoms with Crippen LogP contribution in [-0.2, 0) is 16.6 Å². The van der Waals surface area contributed by atoms with Gasteiger partial charge in [-0.1, -0.05) is 35.9 Å². The lowest BCUT2D eigenvalue weighted by Gasteiger charge is -2.19. The highest BCUT2D eigenvalue weighted by Gasteiger charge is 2.18. The highest BCUT2D eigenvalue weighted by molar-refractivity contribution is 7.92. The van der Waals surface area contributed by atoms with Gasteiger partial charge >= 0.3 is 0 Å². The fourth-order valence-electron chi connectivity index (χ4n) is 3.08. The number of rotatable bonds is 7. The monoisotopic (exact) mass is 438 g/mol. The summed E-state index contributed by atoms with van der Waals surface area (Å²) in [6.07, 6.45) is 0. The van der Waals surface area contributed by atoms with Crippen LogP contribution in [0, 0.1) is 13.8 Å². The van der Waals surface area contributed by atoms with Crippen molar-refractivity contribution in [2.45, 2.75) is 25.3 Å². The zero-order valence-electron chi connectivity index (χ0n) is 18.0. The summed E-state index contributed by atoms with van der Waals surface area (Å²) in [7, 11) is -0.442. The Morgan fingerprint density at radius 2 is 1.61 bits per heavy atom. The average molecular weight is 439 g/mol. The summed E-state index contributed by atoms with van der Waals surface area (Å²) >= 11 is 0. The van der Waals surface area contributed by atoms with Crippen molar-refractivity contribution in [2.24, 2.45) is 0 Å². The molecule has 1 amide bonds. The van der Waals surface area contributed by atoms with Crippen LogP contribution in [-0.4, -0.2) is 33.4 Å². The zero-order valence-corrected chi connectivity index (χ0v) is 18.9. The van der Waals surface area contributed by atoms with E-state index in [1.54, 1.807) is 68.4 Å². The van der Waals surface area contributed by atoms with E-state index in [1.165, 1.54) is 0 Å². The van der Waals surface area contributed by atoms with Crippen LogP contribution in [0.15, 0.2) is 71.6 Å². The molecule has 31 heavy (non-hydrogen) atoms. The second kappa shape index (κ2) is 9.22. The van der Waals surface area contributed by atoms with E-state index in [2.05, 4.69) is 4.72 Å². The summed E-state index contributed by atoms with van der Waals surface area (Å²) in [5.41, 5.74) is 3.45. The molecule has 0 heterocycles. The largest absolute Gasteiger partial charge is 0.497 e. The number of ether oxygens (including phenoxy) is 1. The van der Waals surface area contributed by atoms with Crippen molar-refractivity contribution in [1.29, 1.82) is 0 Å². The van der Waals surface area contributed by atoms with Gasteiger partial charge in [-0.05, 0) is 61.4 Å². The average Bonchev–Trinajstić information content (AvgIpc) is 2.75. The Kier molecular flexibility index (Phi) is 6.65. The van der Waals surface area contributed by atoms with E-state index < -0.39 is 10.0 Å². The highest BCUT2D eigenvalue weighted by atomic mass is 32.2. The van der Waals surface area contributed by atoms with Crippen LogP contribution in [0.25, 0.3) is 0 Å². The molecule has 3 rings (SSSR count). The van der Waals surface area contributed by atoms with Crippen molar-refractivity contribution in [2.75, 3.05) is 18.9 Å². The first-order valence-electron chi connectivity index (χ1n) is 9.78. The van der Waals surface area contributed by atoms with E-state index in [9.17, 15) is 13.2 Å². The molecule has 7 heteroatoms. The van der Waals surface area contributed by atoms with E-state index in [-0.39, 0.29) is 10.8 Å². The molecule has 0 bridgehead atoms. The molecule has 0 radical (unpaired) electrons. The van der Waals surface area contributed by atoms with Gasteiger partial charge in [0.15, 0.2) is 0 Å². The van der Waals surface area contributed by atoms with Crippen molar-refractivity contribution in [3.05, 3.63) is 89.0 Å². The van der Waals surface area contributed by atoms with E-state index in [0.29, 0.717) is 17.8 Å². The van der Waals surface area contributed by atoms with Gasteiger partial charge in [0.05, 0.1) is 17.7 Å². The summed E-state index contributed by atoms with van der Waals surface area (Å²) in [5, 5.41) is 0. The smallest absolute Gasteiger partial charge is 0.261 e. The molecule has 0 unspecified atom stereocenters. The molecular weight excluding hydrogens is 412 g/mol. The molecule has 0 spiro atoms. The third kappa shape index (κ3) is 5.44. The maximum absolute atomic E-state index is 12.9. The SMILES string of the molecule is COc1ccc(CN(C)C(=O)c2ccc(C)c(NS(=O)(=O)c3ccc(C)cc3)c2)cc1. The summed E-state index contributed by atoms with van der Waals surface area (Å²) < 4.78 is 33.3. The number of carbonyl (C=O) groups is 1. The van der Waals surface area contributed by atoms with E-state index in [0.717, 1.165) is 22.4 Å². The van der Waals surface area contributed by atoms with Gasteiger partial charge in [0.1, 0.15) is 5.75 Å². The minimum Gasteiger partial charge on any atom is -0.497 e. The lowest BCUT2D eigenvalue weighted by molar-refractivity contribution is 0.0785. The van der Waals surface area contributed by atoms with Crippen molar-refractivity contribution >= 4 is 21.6 Å². The summed E-state index contributed by atoms with van der Waals surface area (Å²) in [5.74, 6) is 0.549. The minimum absolute atomic E-state index is 0.172. The van der Waals surface area contributed by atoms with E-state index in [1.807, 2.05) is 31.2 Å². The molecule has 0 aliphatic heterocycles. The summed E-state index contributed by atoms with van der Waals surface area (Å²) in [6.45, 7) is 4.11. The zero-order chi connectivity index (χ0) is 22.6. The second-order valence-electron chi connectivity index (χ2n) is 7.46. The van der Waals surface area contributed by atoms with Crippen LogP contribution in [0.4, 0.5) is 5.69 Å². The van der Waals surface area contributed by atoms with Crippen LogP contribution in [0.2, 0.25) is 0 Å². The van der Waals surface area contributed by atoms with Crippen LogP contribution in [0.5, 0.6) is 5.75 Å². The predicted molar refractivity (Wildman–Crippen MR) is 122 cm³/mol. The maximum atomic E-state index is 12.9. The number of nitrogens with one attached hydrogen (secondary N) is 1. The Morgan fingerprint density at radius 3 is 2.23 bits per heavy atom. The molecule has 162 valence electrons. The van der Waals surface area contributed by atoms with Crippen molar-refractivity contribution < 1.29 is 17.9 Å². The lowest BCUT2D eigenvalue weighted by atomic mass is 10.1. The number of sulfonamides is 1. The molecule has 6 nitrogen and oxygen atoms in total. The first-order chi connectivity index (χ1) is 14.7. The van der Waals surface area contributed by atoms with Gasteiger partial charge in [-0.2, -0.15) is 0 Å². The Labute approximate surface area is 183 Å². The molecule has 0 saturated heterocycles. The lowest BCUT2D eigenvalue weighted by Crippen LogP contribution is -2.26. The number of methoxy groups -OCH3 is 1. The van der Waals surface area contributed by atoms with Crippen LogP contribution in [0.1, 0.15) is 27.0 Å². The Bertz CT molecular complexity index is 1170. The number of hydrogen-bond acceptors (Lipinski definition) is 4. The first-order valence-corrected chi connectivity index (χ1v) is 11.3. The predicted octanol–water partition coefficient (Wildman–Crippen LogP) is 4.39. The molecule has 0 aromatic heterocycles. The Morgan fingerprint density at radius 1 is 0.968 bits per heavy atom. The van der Waals surface area contributed by atoms with Gasteiger partial charge in [0, 0.05) is 19.2 Å². The Balaban J connectivity index is 1.79. The number of nitrogens with zero attached hydrogens (tertiary/aromatic N) is 1. The van der Waals surface area contributed by atoms with Crippen LogP contribution < -0.4 is 9.46 Å². The van der Waals surface area contributed by atoms with Gasteiger partial charge in [-0.3, -0.25) is 9.52 Å².